The summed E-state index contributed by atoms with van der Waals surface area (Å²) in [6.07, 6.45) is 0.778. The zero-order valence-corrected chi connectivity index (χ0v) is 10.9. The Morgan fingerprint density at radius 2 is 1.69 bits per heavy atom. The summed E-state index contributed by atoms with van der Waals surface area (Å²) in [5.74, 6) is -1.03. The first-order valence-electron chi connectivity index (χ1n) is 5.34. The first kappa shape index (κ1) is 14.7. The van der Waals surface area contributed by atoms with Gasteiger partial charge < -0.3 is 15.3 Å². The Labute approximate surface area is 96.8 Å². The number of urea groups is 1. The fourth-order valence-electron chi connectivity index (χ4n) is 0.859. The van der Waals surface area contributed by atoms with Gasteiger partial charge in [-0.2, -0.15) is 0 Å². The van der Waals surface area contributed by atoms with Crippen molar-refractivity contribution in [3.8, 4) is 0 Å². The minimum Gasteiger partial charge on any atom is -0.480 e. The first-order valence-corrected chi connectivity index (χ1v) is 5.34. The SMILES string of the molecule is CCC(C)(C)NC(=O)N(C)C(C)(C)C(=O)O. The highest BCUT2D eigenvalue weighted by Gasteiger charge is 2.36. The molecule has 2 N–H and O–H groups in total. The van der Waals surface area contributed by atoms with Crippen molar-refractivity contribution in [1.29, 1.82) is 0 Å². The van der Waals surface area contributed by atoms with Gasteiger partial charge >= 0.3 is 12.0 Å². The maximum Gasteiger partial charge on any atom is 0.329 e. The van der Waals surface area contributed by atoms with E-state index in [2.05, 4.69) is 5.32 Å². The van der Waals surface area contributed by atoms with E-state index in [0.29, 0.717) is 0 Å². The third kappa shape index (κ3) is 3.40. The average molecular weight is 230 g/mol. The molecule has 5 heteroatoms. The van der Waals surface area contributed by atoms with E-state index in [4.69, 9.17) is 5.11 Å². The van der Waals surface area contributed by atoms with Crippen molar-refractivity contribution in [2.75, 3.05) is 7.05 Å². The van der Waals surface area contributed by atoms with E-state index in [1.54, 1.807) is 0 Å². The summed E-state index contributed by atoms with van der Waals surface area (Å²) >= 11 is 0. The van der Waals surface area contributed by atoms with Crippen LogP contribution in [0.1, 0.15) is 41.0 Å². The highest BCUT2D eigenvalue weighted by molar-refractivity contribution is 5.85. The first-order chi connectivity index (χ1) is 7.04. The molecule has 0 fully saturated rings. The van der Waals surface area contributed by atoms with Crippen LogP contribution in [0.5, 0.6) is 0 Å². The number of nitrogens with zero attached hydrogens (tertiary/aromatic N) is 1. The molecule has 0 rings (SSSR count). The van der Waals surface area contributed by atoms with Crippen molar-refractivity contribution in [3.63, 3.8) is 0 Å². The summed E-state index contributed by atoms with van der Waals surface area (Å²) in [5.41, 5.74) is -1.55. The van der Waals surface area contributed by atoms with E-state index in [1.807, 2.05) is 20.8 Å². The quantitative estimate of drug-likeness (QED) is 0.772. The fourth-order valence-corrected chi connectivity index (χ4v) is 0.859. The number of carbonyl (C=O) groups excluding carboxylic acids is 1. The van der Waals surface area contributed by atoms with Gasteiger partial charge in [-0.3, -0.25) is 0 Å². The molecule has 0 aliphatic heterocycles. The van der Waals surface area contributed by atoms with E-state index in [0.717, 1.165) is 6.42 Å². The van der Waals surface area contributed by atoms with Gasteiger partial charge in [0.1, 0.15) is 5.54 Å². The van der Waals surface area contributed by atoms with Gasteiger partial charge in [0.05, 0.1) is 0 Å². The van der Waals surface area contributed by atoms with Crippen LogP contribution in [0, 0.1) is 0 Å². The minimum absolute atomic E-state index is 0.333. The molecule has 94 valence electrons. The second kappa shape index (κ2) is 4.72. The molecule has 0 aliphatic carbocycles. The number of aliphatic carboxylic acids is 1. The lowest BCUT2D eigenvalue weighted by atomic mass is 10.0. The third-order valence-electron chi connectivity index (χ3n) is 3.00. The lowest BCUT2D eigenvalue weighted by molar-refractivity contribution is -0.146. The fraction of sp³-hybridized carbons (Fsp3) is 0.818. The van der Waals surface area contributed by atoms with Crippen LogP contribution in [0.4, 0.5) is 4.79 Å². The Hall–Kier alpha value is -1.26. The van der Waals surface area contributed by atoms with Crippen LogP contribution >= 0.6 is 0 Å². The van der Waals surface area contributed by atoms with Crippen molar-refractivity contribution >= 4 is 12.0 Å². The van der Waals surface area contributed by atoms with Crippen LogP contribution in [-0.2, 0) is 4.79 Å². The molecule has 0 aromatic heterocycles. The van der Waals surface area contributed by atoms with Gasteiger partial charge in [-0.15, -0.1) is 0 Å². The third-order valence-corrected chi connectivity index (χ3v) is 3.00. The van der Waals surface area contributed by atoms with Gasteiger partial charge in [0.15, 0.2) is 0 Å². The Bertz CT molecular complexity index is 285. The maximum atomic E-state index is 11.8. The number of carbonyl (C=O) groups is 2. The highest BCUT2D eigenvalue weighted by Crippen LogP contribution is 2.14. The molecule has 0 aromatic carbocycles. The largest absolute Gasteiger partial charge is 0.480 e. The molecule has 0 unspecified atom stereocenters. The Kier molecular flexibility index (Phi) is 4.35. The molecular weight excluding hydrogens is 208 g/mol. The van der Waals surface area contributed by atoms with E-state index < -0.39 is 11.5 Å². The normalized spacial score (nSPS) is 12.1. The van der Waals surface area contributed by atoms with Crippen LogP contribution in [0.15, 0.2) is 0 Å². The summed E-state index contributed by atoms with van der Waals surface area (Å²) in [5, 5.41) is 11.8. The molecule has 0 saturated carbocycles. The molecule has 2 amide bonds. The van der Waals surface area contributed by atoms with E-state index in [-0.39, 0.29) is 11.6 Å². The van der Waals surface area contributed by atoms with Crippen LogP contribution in [-0.4, -0.2) is 40.1 Å². The van der Waals surface area contributed by atoms with Crippen molar-refractivity contribution in [2.24, 2.45) is 0 Å². The zero-order chi connectivity index (χ0) is 13.1. The molecule has 0 saturated heterocycles. The van der Waals surface area contributed by atoms with Crippen LogP contribution in [0.3, 0.4) is 0 Å². The monoisotopic (exact) mass is 230 g/mol. The van der Waals surface area contributed by atoms with Gasteiger partial charge in [0.25, 0.3) is 0 Å². The molecule has 0 bridgehead atoms. The Morgan fingerprint density at radius 1 is 1.25 bits per heavy atom. The van der Waals surface area contributed by atoms with Gasteiger partial charge in [-0.05, 0) is 34.1 Å². The second-order valence-corrected chi connectivity index (χ2v) is 5.09. The molecule has 16 heavy (non-hydrogen) atoms. The number of hydrogen-bond donors (Lipinski definition) is 2. The maximum absolute atomic E-state index is 11.8. The molecule has 0 heterocycles. The Balaban J connectivity index is 4.70. The van der Waals surface area contributed by atoms with Gasteiger partial charge in [-0.25, -0.2) is 9.59 Å². The molecule has 0 radical (unpaired) electrons. The number of hydrogen-bond acceptors (Lipinski definition) is 2. The Morgan fingerprint density at radius 3 is 2.00 bits per heavy atom. The minimum atomic E-state index is -1.21. The lowest BCUT2D eigenvalue weighted by Crippen LogP contribution is -2.57. The molecular formula is C11H22N2O3. The highest BCUT2D eigenvalue weighted by atomic mass is 16.4. The number of likely N-dealkylation sites (N-methyl/N-ethyl adjacent to an activating group) is 1. The van der Waals surface area contributed by atoms with E-state index in [9.17, 15) is 9.59 Å². The topological polar surface area (TPSA) is 69.6 Å². The van der Waals surface area contributed by atoms with Crippen molar-refractivity contribution in [3.05, 3.63) is 0 Å². The number of amides is 2. The van der Waals surface area contributed by atoms with Crippen molar-refractivity contribution < 1.29 is 14.7 Å². The summed E-state index contributed by atoms with van der Waals surface area (Å²) in [7, 11) is 1.48. The van der Waals surface area contributed by atoms with Crippen LogP contribution in [0.2, 0.25) is 0 Å². The molecule has 0 atom stereocenters. The molecule has 5 nitrogen and oxygen atoms in total. The van der Waals surface area contributed by atoms with Gasteiger partial charge in [0.2, 0.25) is 0 Å². The summed E-state index contributed by atoms with van der Waals surface area (Å²) in [6, 6.07) is -0.376. The summed E-state index contributed by atoms with van der Waals surface area (Å²) < 4.78 is 0. The smallest absolute Gasteiger partial charge is 0.329 e. The summed E-state index contributed by atoms with van der Waals surface area (Å²) in [4.78, 5) is 24.0. The predicted molar refractivity (Wildman–Crippen MR) is 62.4 cm³/mol. The van der Waals surface area contributed by atoms with E-state index >= 15 is 0 Å². The number of rotatable bonds is 4. The lowest BCUT2D eigenvalue weighted by Gasteiger charge is -2.35. The number of carboxylic acid groups (broad SMARTS) is 1. The predicted octanol–water partition coefficient (Wildman–Crippen LogP) is 1.68. The standard InChI is InChI=1S/C11H22N2O3/c1-7-10(2,3)12-9(16)13(6)11(4,5)8(14)15/h7H2,1-6H3,(H,12,16)(H,14,15). The number of carboxylic acids is 1. The van der Waals surface area contributed by atoms with E-state index in [1.165, 1.54) is 25.8 Å². The van der Waals surface area contributed by atoms with Crippen LogP contribution in [0.25, 0.3) is 0 Å². The average Bonchev–Trinajstić information content (AvgIpc) is 2.15. The molecule has 0 aliphatic rings. The van der Waals surface area contributed by atoms with Gasteiger partial charge in [-0.1, -0.05) is 6.92 Å². The second-order valence-electron chi connectivity index (χ2n) is 5.09. The summed E-state index contributed by atoms with van der Waals surface area (Å²) in [6.45, 7) is 8.74. The molecule has 0 spiro atoms. The van der Waals surface area contributed by atoms with Crippen LogP contribution < -0.4 is 5.32 Å². The zero-order valence-electron chi connectivity index (χ0n) is 10.9. The molecule has 0 aromatic rings. The van der Waals surface area contributed by atoms with Crippen molar-refractivity contribution in [1.82, 2.24) is 10.2 Å². The van der Waals surface area contributed by atoms with Gasteiger partial charge in [0, 0.05) is 12.6 Å². The number of nitrogens with one attached hydrogen (secondary N) is 1. The van der Waals surface area contributed by atoms with Crippen molar-refractivity contribution in [2.45, 2.75) is 52.1 Å².